The SMILES string of the molecule is CCC1(CC)CCN(CCNc2cccc(Br)c2)C1. The molecule has 0 atom stereocenters. The molecular formula is C16H25BrN2. The fraction of sp³-hybridized carbons (Fsp3) is 0.625. The summed E-state index contributed by atoms with van der Waals surface area (Å²) in [4.78, 5) is 2.61. The summed E-state index contributed by atoms with van der Waals surface area (Å²) in [6.45, 7) is 9.40. The fourth-order valence-corrected chi connectivity index (χ4v) is 3.40. The number of rotatable bonds is 6. The van der Waals surface area contributed by atoms with Gasteiger partial charge in [-0.25, -0.2) is 0 Å². The Morgan fingerprint density at radius 1 is 1.32 bits per heavy atom. The lowest BCUT2D eigenvalue weighted by Crippen LogP contribution is -2.30. The van der Waals surface area contributed by atoms with Crippen LogP contribution >= 0.6 is 15.9 Å². The molecule has 2 rings (SSSR count). The van der Waals surface area contributed by atoms with Gasteiger partial charge in [0.25, 0.3) is 0 Å². The molecule has 0 bridgehead atoms. The normalized spacial score (nSPS) is 18.7. The highest BCUT2D eigenvalue weighted by molar-refractivity contribution is 9.10. The minimum absolute atomic E-state index is 0.593. The zero-order valence-corrected chi connectivity index (χ0v) is 13.7. The predicted molar refractivity (Wildman–Crippen MR) is 86.7 cm³/mol. The van der Waals surface area contributed by atoms with E-state index in [0.29, 0.717) is 5.41 Å². The van der Waals surface area contributed by atoms with E-state index in [1.54, 1.807) is 0 Å². The summed E-state index contributed by atoms with van der Waals surface area (Å²) < 4.78 is 1.13. The molecule has 1 heterocycles. The number of halogens is 1. The Hall–Kier alpha value is -0.540. The molecule has 19 heavy (non-hydrogen) atoms. The van der Waals surface area contributed by atoms with Crippen LogP contribution in [0.2, 0.25) is 0 Å². The van der Waals surface area contributed by atoms with E-state index in [1.165, 1.54) is 38.0 Å². The maximum atomic E-state index is 3.50. The summed E-state index contributed by atoms with van der Waals surface area (Å²) >= 11 is 3.50. The van der Waals surface area contributed by atoms with Crippen LogP contribution in [0.5, 0.6) is 0 Å². The molecule has 0 spiro atoms. The fourth-order valence-electron chi connectivity index (χ4n) is 3.00. The zero-order chi connectivity index (χ0) is 13.7. The topological polar surface area (TPSA) is 15.3 Å². The van der Waals surface area contributed by atoms with Crippen molar-refractivity contribution in [2.75, 3.05) is 31.5 Å². The summed E-state index contributed by atoms with van der Waals surface area (Å²) in [5.74, 6) is 0. The van der Waals surface area contributed by atoms with E-state index in [2.05, 4.69) is 64.3 Å². The van der Waals surface area contributed by atoms with Crippen LogP contribution in [0.4, 0.5) is 5.69 Å². The first-order valence-electron chi connectivity index (χ1n) is 7.39. The Morgan fingerprint density at radius 3 is 2.74 bits per heavy atom. The van der Waals surface area contributed by atoms with Gasteiger partial charge in [-0.3, -0.25) is 0 Å². The molecule has 0 unspecified atom stereocenters. The first kappa shape index (κ1) is 14.9. The molecule has 2 nitrogen and oxygen atoms in total. The van der Waals surface area contributed by atoms with Crippen LogP contribution < -0.4 is 5.32 Å². The number of likely N-dealkylation sites (tertiary alicyclic amines) is 1. The summed E-state index contributed by atoms with van der Waals surface area (Å²) in [7, 11) is 0. The Balaban J connectivity index is 1.75. The Bertz CT molecular complexity index is 401. The smallest absolute Gasteiger partial charge is 0.0351 e. The van der Waals surface area contributed by atoms with E-state index in [1.807, 2.05) is 0 Å². The molecule has 1 fully saturated rings. The second-order valence-electron chi connectivity index (χ2n) is 5.67. The molecule has 1 aliphatic heterocycles. The van der Waals surface area contributed by atoms with Crippen molar-refractivity contribution in [3.8, 4) is 0 Å². The van der Waals surface area contributed by atoms with Crippen molar-refractivity contribution in [1.82, 2.24) is 4.90 Å². The van der Waals surface area contributed by atoms with Crippen molar-refractivity contribution in [2.45, 2.75) is 33.1 Å². The highest BCUT2D eigenvalue weighted by atomic mass is 79.9. The number of hydrogen-bond acceptors (Lipinski definition) is 2. The van der Waals surface area contributed by atoms with Crippen LogP contribution in [-0.4, -0.2) is 31.1 Å². The highest BCUT2D eigenvalue weighted by Crippen LogP contribution is 2.36. The first-order valence-corrected chi connectivity index (χ1v) is 8.18. The molecule has 1 aromatic carbocycles. The minimum Gasteiger partial charge on any atom is -0.384 e. The van der Waals surface area contributed by atoms with Gasteiger partial charge >= 0.3 is 0 Å². The molecule has 1 N–H and O–H groups in total. The van der Waals surface area contributed by atoms with Crippen LogP contribution in [0.3, 0.4) is 0 Å². The summed E-state index contributed by atoms with van der Waals surface area (Å²) in [5.41, 5.74) is 1.79. The average molecular weight is 325 g/mol. The number of hydrogen-bond donors (Lipinski definition) is 1. The van der Waals surface area contributed by atoms with Crippen LogP contribution in [0.15, 0.2) is 28.7 Å². The molecule has 106 valence electrons. The summed E-state index contributed by atoms with van der Waals surface area (Å²) in [6, 6.07) is 8.38. The third-order valence-electron chi connectivity index (χ3n) is 4.60. The molecule has 3 heteroatoms. The van der Waals surface area contributed by atoms with Crippen LogP contribution in [0, 0.1) is 5.41 Å². The number of nitrogens with one attached hydrogen (secondary N) is 1. The molecule has 0 amide bonds. The van der Waals surface area contributed by atoms with Gasteiger partial charge in [-0.1, -0.05) is 35.8 Å². The minimum atomic E-state index is 0.593. The Morgan fingerprint density at radius 2 is 2.11 bits per heavy atom. The van der Waals surface area contributed by atoms with Gasteiger partial charge in [-0.15, -0.1) is 0 Å². The Kier molecular flexibility index (Phi) is 5.28. The lowest BCUT2D eigenvalue weighted by Gasteiger charge is -2.26. The number of nitrogens with zero attached hydrogens (tertiary/aromatic N) is 1. The molecule has 1 aliphatic rings. The van der Waals surface area contributed by atoms with Gasteiger partial charge in [-0.2, -0.15) is 0 Å². The zero-order valence-electron chi connectivity index (χ0n) is 12.1. The maximum Gasteiger partial charge on any atom is 0.0351 e. The van der Waals surface area contributed by atoms with Crippen molar-refractivity contribution in [1.29, 1.82) is 0 Å². The molecule has 0 saturated carbocycles. The van der Waals surface area contributed by atoms with Crippen LogP contribution in [0.1, 0.15) is 33.1 Å². The van der Waals surface area contributed by atoms with E-state index in [-0.39, 0.29) is 0 Å². The van der Waals surface area contributed by atoms with Crippen molar-refractivity contribution in [3.63, 3.8) is 0 Å². The van der Waals surface area contributed by atoms with E-state index < -0.39 is 0 Å². The highest BCUT2D eigenvalue weighted by Gasteiger charge is 2.34. The number of benzene rings is 1. The van der Waals surface area contributed by atoms with Crippen molar-refractivity contribution < 1.29 is 0 Å². The second-order valence-corrected chi connectivity index (χ2v) is 6.59. The predicted octanol–water partition coefficient (Wildman–Crippen LogP) is 4.37. The maximum absolute atomic E-state index is 3.50. The second kappa shape index (κ2) is 6.76. The van der Waals surface area contributed by atoms with Gasteiger partial charge in [-0.05, 0) is 49.4 Å². The van der Waals surface area contributed by atoms with Crippen LogP contribution in [-0.2, 0) is 0 Å². The summed E-state index contributed by atoms with van der Waals surface area (Å²) in [5, 5.41) is 3.50. The first-order chi connectivity index (χ1) is 9.17. The van der Waals surface area contributed by atoms with Gasteiger partial charge in [0.2, 0.25) is 0 Å². The largest absolute Gasteiger partial charge is 0.384 e. The molecular weight excluding hydrogens is 300 g/mol. The molecule has 0 aliphatic carbocycles. The monoisotopic (exact) mass is 324 g/mol. The third kappa shape index (κ3) is 3.96. The molecule has 0 aromatic heterocycles. The van der Waals surface area contributed by atoms with Crippen LogP contribution in [0.25, 0.3) is 0 Å². The average Bonchev–Trinajstić information content (AvgIpc) is 2.83. The standard InChI is InChI=1S/C16H25BrN2/c1-3-16(4-2)8-10-19(13-16)11-9-18-15-7-5-6-14(17)12-15/h5-7,12,18H,3-4,8-11,13H2,1-2H3. The van der Waals surface area contributed by atoms with Gasteiger partial charge < -0.3 is 10.2 Å². The van der Waals surface area contributed by atoms with Gasteiger partial charge in [0.05, 0.1) is 0 Å². The number of anilines is 1. The van der Waals surface area contributed by atoms with Crippen molar-refractivity contribution in [2.24, 2.45) is 5.41 Å². The molecule has 1 aromatic rings. The lowest BCUT2D eigenvalue weighted by molar-refractivity contribution is 0.245. The quantitative estimate of drug-likeness (QED) is 0.835. The molecule has 0 radical (unpaired) electrons. The van der Waals surface area contributed by atoms with Crippen molar-refractivity contribution in [3.05, 3.63) is 28.7 Å². The Labute approximate surface area is 125 Å². The summed E-state index contributed by atoms with van der Waals surface area (Å²) in [6.07, 6.45) is 4.01. The van der Waals surface area contributed by atoms with E-state index in [0.717, 1.165) is 17.6 Å². The molecule has 1 saturated heterocycles. The van der Waals surface area contributed by atoms with Crippen molar-refractivity contribution >= 4 is 21.6 Å². The van der Waals surface area contributed by atoms with Gasteiger partial charge in [0.15, 0.2) is 0 Å². The van der Waals surface area contributed by atoms with E-state index >= 15 is 0 Å². The van der Waals surface area contributed by atoms with E-state index in [4.69, 9.17) is 0 Å². The van der Waals surface area contributed by atoms with Gasteiger partial charge in [0.1, 0.15) is 0 Å². The third-order valence-corrected chi connectivity index (χ3v) is 5.09. The van der Waals surface area contributed by atoms with Gasteiger partial charge in [0, 0.05) is 29.8 Å². The van der Waals surface area contributed by atoms with E-state index in [9.17, 15) is 0 Å². The lowest BCUT2D eigenvalue weighted by atomic mass is 9.82.